The third-order valence-corrected chi connectivity index (χ3v) is 11.0. The molecule has 1 aromatic carbocycles. The van der Waals surface area contributed by atoms with Crippen LogP contribution in [-0.2, 0) is 25.7 Å². The van der Waals surface area contributed by atoms with E-state index in [0.717, 1.165) is 16.4 Å². The lowest BCUT2D eigenvalue weighted by atomic mass is 9.82. The van der Waals surface area contributed by atoms with E-state index in [2.05, 4.69) is 10.2 Å². The first-order chi connectivity index (χ1) is 19.7. The molecular formula is C28H38F5N3O5S. The zero-order chi connectivity index (χ0) is 30.3. The molecule has 1 N–H and O–H groups in total. The molecule has 5 rings (SSSR count). The summed E-state index contributed by atoms with van der Waals surface area (Å²) in [7, 11) is -4.59. The average Bonchev–Trinajstić information content (AvgIpc) is 3.37. The van der Waals surface area contributed by atoms with Gasteiger partial charge in [-0.15, -0.1) is 0 Å². The van der Waals surface area contributed by atoms with Crippen LogP contribution < -0.4 is 10.1 Å². The maximum atomic E-state index is 13.9. The molecule has 8 nitrogen and oxygen atoms in total. The molecule has 14 heteroatoms. The van der Waals surface area contributed by atoms with E-state index in [1.807, 2.05) is 6.92 Å². The smallest absolute Gasteiger partial charge is 0.416 e. The molecule has 4 aliphatic rings. The van der Waals surface area contributed by atoms with Gasteiger partial charge in [-0.25, -0.2) is 17.2 Å². The number of nitrogens with zero attached hydrogens (tertiary/aromatic N) is 2. The summed E-state index contributed by atoms with van der Waals surface area (Å²) >= 11 is 0. The standard InChI is InChI=1S/C28H38F5N3O5S/c1-2-14-40-21-17-22-25(37)34-26(9-12-35(13-10-26)20-5-7-27(29,30)8-6-20)11-15-41-23-4-3-19(28(31,32)33)16-24(23)42(38,39)36(22)18-21/h3-4,16,20-22H,2,5-15,17-18H2,1H3,(H,34,37)/t21-,22+/m1/s1. The van der Waals surface area contributed by atoms with Crippen molar-refractivity contribution in [1.82, 2.24) is 14.5 Å². The van der Waals surface area contributed by atoms with E-state index in [-0.39, 0.29) is 44.2 Å². The maximum Gasteiger partial charge on any atom is 0.416 e. The number of carbonyl (C=O) groups excluding carboxylic acids is 1. The first-order valence-electron chi connectivity index (χ1n) is 14.6. The summed E-state index contributed by atoms with van der Waals surface area (Å²) in [5, 5.41) is 3.11. The summed E-state index contributed by atoms with van der Waals surface area (Å²) in [5.74, 6) is -3.36. The molecule has 1 amide bonds. The minimum atomic E-state index is -4.78. The van der Waals surface area contributed by atoms with Crippen LogP contribution >= 0.6 is 0 Å². The molecule has 42 heavy (non-hydrogen) atoms. The minimum Gasteiger partial charge on any atom is -0.492 e. The minimum absolute atomic E-state index is 0.0310. The Morgan fingerprint density at radius 2 is 1.79 bits per heavy atom. The van der Waals surface area contributed by atoms with Crippen molar-refractivity contribution < 1.29 is 44.6 Å². The fourth-order valence-electron chi connectivity index (χ4n) is 6.66. The molecule has 236 valence electrons. The van der Waals surface area contributed by atoms with Crippen molar-refractivity contribution in [2.24, 2.45) is 0 Å². The normalized spacial score (nSPS) is 28.8. The van der Waals surface area contributed by atoms with E-state index < -0.39 is 56.2 Å². The molecule has 1 saturated carbocycles. The zero-order valence-corrected chi connectivity index (χ0v) is 24.4. The lowest BCUT2D eigenvalue weighted by molar-refractivity contribution is -0.137. The highest BCUT2D eigenvalue weighted by Gasteiger charge is 2.49. The largest absolute Gasteiger partial charge is 0.492 e. The molecule has 3 aliphatic heterocycles. The Labute approximate surface area is 242 Å². The van der Waals surface area contributed by atoms with Gasteiger partial charge in [0.05, 0.1) is 18.3 Å². The quantitative estimate of drug-likeness (QED) is 0.495. The number of hydrogen-bond acceptors (Lipinski definition) is 6. The summed E-state index contributed by atoms with van der Waals surface area (Å²) < 4.78 is 109. The molecule has 2 saturated heterocycles. The van der Waals surface area contributed by atoms with Crippen molar-refractivity contribution in [3.63, 3.8) is 0 Å². The number of halogens is 5. The SMILES string of the molecule is CCCO[C@@H]1C[C@H]2C(=O)NC3(CCOc4ccc(C(F)(F)F)cc4S(=O)(=O)N2C1)CCN(C1CCC(F)(F)CC1)CC3. The predicted octanol–water partition coefficient (Wildman–Crippen LogP) is 4.57. The predicted molar refractivity (Wildman–Crippen MR) is 143 cm³/mol. The molecule has 3 heterocycles. The van der Waals surface area contributed by atoms with Gasteiger partial charge in [-0.2, -0.15) is 17.5 Å². The first-order valence-corrected chi connectivity index (χ1v) is 16.1. The summed E-state index contributed by atoms with van der Waals surface area (Å²) in [5.41, 5.74) is -1.88. The topological polar surface area (TPSA) is 88.2 Å². The summed E-state index contributed by atoms with van der Waals surface area (Å²) in [6.45, 7) is 3.16. The lowest BCUT2D eigenvalue weighted by Gasteiger charge is -2.46. The Hall–Kier alpha value is -2.03. The van der Waals surface area contributed by atoms with Crippen LogP contribution in [0.1, 0.15) is 70.3 Å². The third-order valence-electron chi connectivity index (χ3n) is 9.12. The second-order valence-corrected chi connectivity index (χ2v) is 13.8. The number of benzene rings is 1. The van der Waals surface area contributed by atoms with Crippen molar-refractivity contribution in [2.75, 3.05) is 32.8 Å². The van der Waals surface area contributed by atoms with Crippen molar-refractivity contribution in [3.05, 3.63) is 23.8 Å². The van der Waals surface area contributed by atoms with Gasteiger partial charge in [0.15, 0.2) is 0 Å². The van der Waals surface area contributed by atoms with Gasteiger partial charge >= 0.3 is 6.18 Å². The summed E-state index contributed by atoms with van der Waals surface area (Å²) in [6.07, 6.45) is -2.82. The van der Waals surface area contributed by atoms with E-state index in [0.29, 0.717) is 64.3 Å². The van der Waals surface area contributed by atoms with Crippen LogP contribution in [0.25, 0.3) is 0 Å². The molecule has 1 spiro atoms. The van der Waals surface area contributed by atoms with E-state index in [4.69, 9.17) is 9.47 Å². The van der Waals surface area contributed by atoms with E-state index in [9.17, 15) is 35.2 Å². The summed E-state index contributed by atoms with van der Waals surface area (Å²) in [6, 6.07) is 1.24. The van der Waals surface area contributed by atoms with Gasteiger partial charge in [0.25, 0.3) is 0 Å². The number of hydrogen-bond donors (Lipinski definition) is 1. The van der Waals surface area contributed by atoms with Crippen LogP contribution in [0.2, 0.25) is 0 Å². The molecule has 0 unspecified atom stereocenters. The first kappa shape index (κ1) is 31.4. The third kappa shape index (κ3) is 6.56. The Morgan fingerprint density at radius 3 is 2.43 bits per heavy atom. The van der Waals surface area contributed by atoms with Crippen molar-refractivity contribution >= 4 is 15.9 Å². The van der Waals surface area contributed by atoms with Gasteiger partial charge in [0.2, 0.25) is 21.9 Å². The fraction of sp³-hybridized carbons (Fsp3) is 0.750. The van der Waals surface area contributed by atoms with Gasteiger partial charge in [0.1, 0.15) is 16.7 Å². The molecule has 0 bridgehead atoms. The monoisotopic (exact) mass is 623 g/mol. The Balaban J connectivity index is 1.43. The number of alkyl halides is 5. The Kier molecular flexibility index (Phi) is 8.83. The van der Waals surface area contributed by atoms with Crippen molar-refractivity contribution in [3.8, 4) is 5.75 Å². The number of nitrogens with one attached hydrogen (secondary N) is 1. The maximum absolute atomic E-state index is 13.9. The number of piperidine rings is 1. The number of ether oxygens (including phenoxy) is 2. The number of fused-ring (bicyclic) bond motifs is 2. The number of carbonyl (C=O) groups is 1. The highest BCUT2D eigenvalue weighted by atomic mass is 32.2. The van der Waals surface area contributed by atoms with Crippen molar-refractivity contribution in [1.29, 1.82) is 0 Å². The molecule has 0 radical (unpaired) electrons. The average molecular weight is 624 g/mol. The van der Waals surface area contributed by atoms with Crippen LogP contribution in [0.15, 0.2) is 23.1 Å². The van der Waals surface area contributed by atoms with E-state index >= 15 is 0 Å². The Morgan fingerprint density at radius 1 is 1.10 bits per heavy atom. The van der Waals surface area contributed by atoms with Crippen LogP contribution in [0.4, 0.5) is 22.0 Å². The zero-order valence-electron chi connectivity index (χ0n) is 23.6. The molecule has 2 atom stereocenters. The number of amides is 1. The number of sulfonamides is 1. The number of likely N-dealkylation sites (tertiary alicyclic amines) is 1. The van der Waals surface area contributed by atoms with Crippen LogP contribution in [0, 0.1) is 0 Å². The van der Waals surface area contributed by atoms with Crippen LogP contribution in [-0.4, -0.2) is 86.0 Å². The Bertz CT molecular complexity index is 1240. The van der Waals surface area contributed by atoms with Crippen LogP contribution in [0.3, 0.4) is 0 Å². The van der Waals surface area contributed by atoms with Crippen molar-refractivity contribution in [2.45, 2.75) is 105 Å². The van der Waals surface area contributed by atoms with Gasteiger partial charge in [-0.3, -0.25) is 4.79 Å². The molecular weight excluding hydrogens is 585 g/mol. The highest BCUT2D eigenvalue weighted by Crippen LogP contribution is 2.40. The molecule has 3 fully saturated rings. The van der Waals surface area contributed by atoms with E-state index in [1.54, 1.807) is 0 Å². The highest BCUT2D eigenvalue weighted by molar-refractivity contribution is 7.89. The van der Waals surface area contributed by atoms with Crippen LogP contribution in [0.5, 0.6) is 5.75 Å². The van der Waals surface area contributed by atoms with Gasteiger partial charge in [-0.1, -0.05) is 6.92 Å². The van der Waals surface area contributed by atoms with Gasteiger partial charge in [0, 0.05) is 63.5 Å². The molecule has 1 aromatic rings. The lowest BCUT2D eigenvalue weighted by Crippen LogP contribution is -2.60. The fourth-order valence-corrected chi connectivity index (χ4v) is 8.44. The van der Waals surface area contributed by atoms with Gasteiger partial charge in [-0.05, 0) is 50.3 Å². The second-order valence-electron chi connectivity index (χ2n) is 12.0. The van der Waals surface area contributed by atoms with E-state index in [1.165, 1.54) is 0 Å². The number of rotatable bonds is 4. The molecule has 0 aromatic heterocycles. The molecule has 1 aliphatic carbocycles. The second kappa shape index (κ2) is 11.8. The summed E-state index contributed by atoms with van der Waals surface area (Å²) in [4.78, 5) is 15.4. The van der Waals surface area contributed by atoms with Gasteiger partial charge < -0.3 is 19.7 Å².